The molecule has 0 saturated carbocycles. The second-order valence-electron chi connectivity index (χ2n) is 15.8. The predicted molar refractivity (Wildman–Crippen MR) is 241 cm³/mol. The fraction of sp³-hybridized carbons (Fsp3) is 0.304. The molecule has 348 valence electrons. The molecule has 2 aliphatic rings. The molecule has 4 heterocycles. The number of para-hydroxylation sites is 1. The molecule has 2 saturated heterocycles. The largest absolute Gasteiger partial charge is 0.573 e. The molecule has 4 N–H and O–H groups in total. The van der Waals surface area contributed by atoms with Crippen LogP contribution in [0.1, 0.15) is 42.4 Å². The van der Waals surface area contributed by atoms with E-state index in [0.717, 1.165) is 29.0 Å². The van der Waals surface area contributed by atoms with E-state index in [1.165, 1.54) is 18.7 Å². The van der Waals surface area contributed by atoms with Gasteiger partial charge in [0.15, 0.2) is 11.6 Å². The van der Waals surface area contributed by atoms with Crippen molar-refractivity contribution < 1.29 is 41.4 Å². The van der Waals surface area contributed by atoms with Crippen molar-refractivity contribution in [3.05, 3.63) is 120 Å². The molecule has 2 aromatic heterocycles. The van der Waals surface area contributed by atoms with E-state index in [9.17, 15) is 27.2 Å². The molecule has 17 nitrogen and oxygen atoms in total. The molecule has 67 heavy (non-hydrogen) atoms. The summed E-state index contributed by atoms with van der Waals surface area (Å²) in [6.45, 7) is 6.10. The Balaban J connectivity index is 0.778. The highest BCUT2D eigenvalue weighted by molar-refractivity contribution is 5.98. The monoisotopic (exact) mass is 922 g/mol. The van der Waals surface area contributed by atoms with Crippen molar-refractivity contribution in [1.29, 1.82) is 0 Å². The zero-order chi connectivity index (χ0) is 46.9. The summed E-state index contributed by atoms with van der Waals surface area (Å²) in [6, 6.07) is 23.7. The van der Waals surface area contributed by atoms with E-state index in [-0.39, 0.29) is 49.4 Å². The SMILES string of the molecule is Cc1c(NC(=O)CCC(=O)Nc2cccc(Nc3ncnc(N4CC(Oc5ccccc5)C4)n3)c2C)cccc1Nc1ncnc(N2CCC(OCc3ccc(OC(F)(F)F)c(F)c3)CC2)n1. The van der Waals surface area contributed by atoms with Crippen molar-refractivity contribution >= 4 is 58.4 Å². The number of ether oxygens (including phenoxy) is 3. The van der Waals surface area contributed by atoms with Crippen molar-refractivity contribution in [3.63, 3.8) is 0 Å². The number of aromatic nitrogens is 6. The Bertz CT molecular complexity index is 2690. The molecule has 0 bridgehead atoms. The molecular weight excluding hydrogens is 877 g/mol. The molecule has 2 aliphatic heterocycles. The summed E-state index contributed by atoms with van der Waals surface area (Å²) in [5.41, 5.74) is 4.32. The first-order valence-corrected chi connectivity index (χ1v) is 21.4. The third kappa shape index (κ3) is 12.4. The van der Waals surface area contributed by atoms with Crippen molar-refractivity contribution in [1.82, 2.24) is 29.9 Å². The van der Waals surface area contributed by atoms with Crippen LogP contribution in [0.15, 0.2) is 97.6 Å². The van der Waals surface area contributed by atoms with Crippen LogP contribution in [0.4, 0.5) is 64.1 Å². The van der Waals surface area contributed by atoms with Crippen LogP contribution in [-0.2, 0) is 20.9 Å². The maximum absolute atomic E-state index is 14.1. The summed E-state index contributed by atoms with van der Waals surface area (Å²) in [7, 11) is 0. The average molecular weight is 923 g/mol. The highest BCUT2D eigenvalue weighted by Crippen LogP contribution is 2.30. The second-order valence-corrected chi connectivity index (χ2v) is 15.8. The van der Waals surface area contributed by atoms with Gasteiger partial charge in [-0.25, -0.2) is 24.3 Å². The first kappa shape index (κ1) is 45.9. The van der Waals surface area contributed by atoms with Gasteiger partial charge < -0.3 is 45.3 Å². The van der Waals surface area contributed by atoms with Gasteiger partial charge in [-0.1, -0.05) is 36.4 Å². The number of halogens is 4. The van der Waals surface area contributed by atoms with E-state index in [2.05, 4.69) is 55.9 Å². The number of carbonyl (C=O) groups is 2. The van der Waals surface area contributed by atoms with E-state index in [0.29, 0.717) is 85.2 Å². The molecular formula is C46H46F4N12O5. The number of hydrogen-bond donors (Lipinski definition) is 4. The Hall–Kier alpha value is -7.68. The number of nitrogens with zero attached hydrogens (tertiary/aromatic N) is 8. The van der Waals surface area contributed by atoms with Crippen LogP contribution in [0.3, 0.4) is 0 Å². The highest BCUT2D eigenvalue weighted by Gasteiger charge is 2.33. The average Bonchev–Trinajstić information content (AvgIpc) is 3.30. The first-order chi connectivity index (χ1) is 32.3. The van der Waals surface area contributed by atoms with Crippen LogP contribution >= 0.6 is 0 Å². The van der Waals surface area contributed by atoms with Gasteiger partial charge in [-0.3, -0.25) is 9.59 Å². The van der Waals surface area contributed by atoms with Gasteiger partial charge in [0.2, 0.25) is 35.6 Å². The van der Waals surface area contributed by atoms with E-state index < -0.39 is 17.9 Å². The molecule has 0 atom stereocenters. The molecule has 6 aromatic rings. The van der Waals surface area contributed by atoms with Crippen molar-refractivity contribution in [3.8, 4) is 11.5 Å². The molecule has 0 radical (unpaired) electrons. The maximum atomic E-state index is 14.1. The summed E-state index contributed by atoms with van der Waals surface area (Å²) in [6.07, 6.45) is -1.19. The lowest BCUT2D eigenvalue weighted by Gasteiger charge is -2.38. The molecule has 0 spiro atoms. The number of nitrogens with one attached hydrogen (secondary N) is 4. The van der Waals surface area contributed by atoms with Gasteiger partial charge in [-0.15, -0.1) is 13.2 Å². The van der Waals surface area contributed by atoms with Gasteiger partial charge in [0.1, 0.15) is 24.5 Å². The smallest absolute Gasteiger partial charge is 0.487 e. The maximum Gasteiger partial charge on any atom is 0.573 e. The lowest BCUT2D eigenvalue weighted by Crippen LogP contribution is -2.54. The molecule has 0 unspecified atom stereocenters. The molecule has 21 heteroatoms. The van der Waals surface area contributed by atoms with Gasteiger partial charge in [-0.2, -0.15) is 9.97 Å². The Kier molecular flexibility index (Phi) is 14.1. The Morgan fingerprint density at radius 1 is 0.687 bits per heavy atom. The molecule has 8 rings (SSSR count). The van der Waals surface area contributed by atoms with Gasteiger partial charge in [0, 0.05) is 48.7 Å². The zero-order valence-corrected chi connectivity index (χ0v) is 36.4. The van der Waals surface area contributed by atoms with Crippen molar-refractivity contribution in [2.24, 2.45) is 0 Å². The molecule has 2 amide bonds. The number of alkyl halides is 3. The first-order valence-electron chi connectivity index (χ1n) is 21.4. The number of amides is 2. The lowest BCUT2D eigenvalue weighted by molar-refractivity contribution is -0.275. The fourth-order valence-electron chi connectivity index (χ4n) is 7.35. The Morgan fingerprint density at radius 2 is 1.24 bits per heavy atom. The number of benzene rings is 4. The summed E-state index contributed by atoms with van der Waals surface area (Å²) in [5.74, 6) is -0.277. The minimum absolute atomic E-state index is 0.0230. The minimum Gasteiger partial charge on any atom is -0.487 e. The Morgan fingerprint density at radius 3 is 1.79 bits per heavy atom. The number of hydrogen-bond acceptors (Lipinski definition) is 15. The second kappa shape index (κ2) is 20.7. The van der Waals surface area contributed by atoms with Crippen LogP contribution in [0, 0.1) is 19.7 Å². The van der Waals surface area contributed by atoms with Crippen LogP contribution in [0.2, 0.25) is 0 Å². The van der Waals surface area contributed by atoms with Crippen molar-refractivity contribution in [2.75, 3.05) is 57.2 Å². The van der Waals surface area contributed by atoms with Gasteiger partial charge in [0.25, 0.3) is 0 Å². The Labute approximate surface area is 382 Å². The lowest BCUT2D eigenvalue weighted by atomic mass is 10.1. The topological polar surface area (TPSA) is 194 Å². The number of rotatable bonds is 17. The quantitative estimate of drug-likeness (QED) is 0.0643. The summed E-state index contributed by atoms with van der Waals surface area (Å²) < 4.78 is 67.2. The van der Waals surface area contributed by atoms with E-state index >= 15 is 0 Å². The van der Waals surface area contributed by atoms with Crippen LogP contribution < -0.4 is 40.5 Å². The zero-order valence-electron chi connectivity index (χ0n) is 36.4. The van der Waals surface area contributed by atoms with E-state index in [1.54, 1.807) is 24.3 Å². The number of carbonyl (C=O) groups excluding carboxylic acids is 2. The minimum atomic E-state index is -4.99. The highest BCUT2D eigenvalue weighted by atomic mass is 19.4. The standard InChI is InChI=1S/C46H46F4N12O5/c1-28-35(10-6-12-37(28)57-42-51-26-53-44(59-42)61-20-18-31(19-21-61)65-25-30-14-15-39(34(47)22-30)67-46(48,49)50)55-40(63)16-17-41(64)56-36-11-7-13-38(29(36)2)58-43-52-27-54-45(60-43)62-23-33(24-62)66-32-8-4-3-5-9-32/h3-15,22,26-27,31,33H,16-21,23-25H2,1-2H3,(H,55,63)(H,56,64)(H,51,53,57,59)(H,52,54,58,60). The number of anilines is 8. The normalized spacial score (nSPS) is 14.2. The van der Waals surface area contributed by atoms with Crippen LogP contribution in [0.25, 0.3) is 0 Å². The van der Waals surface area contributed by atoms with Crippen molar-refractivity contribution in [2.45, 2.75) is 64.7 Å². The van der Waals surface area contributed by atoms with E-state index in [4.69, 9.17) is 9.47 Å². The third-order valence-electron chi connectivity index (χ3n) is 11.0. The van der Waals surface area contributed by atoms with Gasteiger partial charge >= 0.3 is 6.36 Å². The van der Waals surface area contributed by atoms with Crippen LogP contribution in [-0.4, -0.2) is 86.5 Å². The fourth-order valence-corrected chi connectivity index (χ4v) is 7.35. The van der Waals surface area contributed by atoms with Crippen LogP contribution in [0.5, 0.6) is 11.5 Å². The molecule has 2 fully saturated rings. The predicted octanol–water partition coefficient (Wildman–Crippen LogP) is 8.01. The number of piperidine rings is 1. The summed E-state index contributed by atoms with van der Waals surface area (Å²) in [4.78, 5) is 56.5. The van der Waals surface area contributed by atoms with Gasteiger partial charge in [-0.05, 0) is 91.9 Å². The summed E-state index contributed by atoms with van der Waals surface area (Å²) >= 11 is 0. The summed E-state index contributed by atoms with van der Waals surface area (Å²) in [5, 5.41) is 12.2. The van der Waals surface area contributed by atoms with Gasteiger partial charge in [0.05, 0.1) is 25.8 Å². The third-order valence-corrected chi connectivity index (χ3v) is 11.0. The molecule has 0 aliphatic carbocycles. The van der Waals surface area contributed by atoms with E-state index in [1.807, 2.05) is 66.1 Å². The molecule has 4 aromatic carbocycles.